The predicted octanol–water partition coefficient (Wildman–Crippen LogP) is 5.96. The summed E-state index contributed by atoms with van der Waals surface area (Å²) in [5.74, 6) is -0.460. The lowest BCUT2D eigenvalue weighted by Gasteiger charge is -2.12. The fourth-order valence-electron chi connectivity index (χ4n) is 4.44. The van der Waals surface area contributed by atoms with E-state index in [0.717, 1.165) is 50.2 Å². The maximum atomic E-state index is 13.5. The van der Waals surface area contributed by atoms with Gasteiger partial charge in [-0.05, 0) is 41.5 Å². The highest BCUT2D eigenvalue weighted by molar-refractivity contribution is 5.94. The Bertz CT molecular complexity index is 1630. The lowest BCUT2D eigenvalue weighted by Crippen LogP contribution is -2.17. The molecule has 0 saturated heterocycles. The van der Waals surface area contributed by atoms with E-state index in [9.17, 15) is 9.18 Å². The van der Waals surface area contributed by atoms with Gasteiger partial charge in [-0.3, -0.25) is 19.9 Å². The lowest BCUT2D eigenvalue weighted by atomic mass is 10.0. The molecule has 3 aromatic heterocycles. The first-order chi connectivity index (χ1) is 18.0. The van der Waals surface area contributed by atoms with Crippen LogP contribution in [-0.4, -0.2) is 26.1 Å². The summed E-state index contributed by atoms with van der Waals surface area (Å²) >= 11 is 0. The summed E-state index contributed by atoms with van der Waals surface area (Å²) in [5.41, 5.74) is 7.67. The zero-order chi connectivity index (χ0) is 25.5. The minimum atomic E-state index is -0.281. The summed E-state index contributed by atoms with van der Waals surface area (Å²) < 4.78 is 13.5. The van der Waals surface area contributed by atoms with Crippen LogP contribution in [0.1, 0.15) is 25.7 Å². The Balaban J connectivity index is 1.32. The number of hydrogen-bond acceptors (Lipinski definition) is 6. The summed E-state index contributed by atoms with van der Waals surface area (Å²) in [5, 5.41) is 18.5. The van der Waals surface area contributed by atoms with Gasteiger partial charge in [0.1, 0.15) is 12.0 Å². The lowest BCUT2D eigenvalue weighted by molar-refractivity contribution is -0.118. The number of nitrogens with zero attached hydrogens (tertiary/aromatic N) is 3. The van der Waals surface area contributed by atoms with Crippen LogP contribution in [0.3, 0.4) is 0 Å². The number of anilines is 3. The number of nitrogens with one attached hydrogen (secondary N) is 4. The summed E-state index contributed by atoms with van der Waals surface area (Å²) in [6.45, 7) is 3.70. The van der Waals surface area contributed by atoms with E-state index in [0.29, 0.717) is 5.69 Å². The average molecular weight is 494 g/mol. The van der Waals surface area contributed by atoms with Crippen LogP contribution in [-0.2, 0) is 4.79 Å². The maximum Gasteiger partial charge on any atom is 0.226 e. The standard InChI is InChI=1S/C28H24FN7O/c1-15(2)28(37)32-20-9-18(11-30-12-20)17-5-8-23-21(10-17)26(36-35-23)27-33-24-14-31-13-22(25(24)34-27)16-3-6-19(29)7-4-16/h3-15,27,33-34H,1-2H3,(H,32,37)(H,35,36). The van der Waals surface area contributed by atoms with Gasteiger partial charge < -0.3 is 16.0 Å². The molecule has 0 fully saturated rings. The molecule has 0 spiro atoms. The first-order valence-electron chi connectivity index (χ1n) is 12.0. The number of amides is 1. The number of aromatic nitrogens is 4. The predicted molar refractivity (Wildman–Crippen MR) is 142 cm³/mol. The molecule has 0 radical (unpaired) electrons. The third-order valence-electron chi connectivity index (χ3n) is 6.43. The topological polar surface area (TPSA) is 108 Å². The van der Waals surface area contributed by atoms with Crippen molar-refractivity contribution < 1.29 is 9.18 Å². The second-order valence-corrected chi connectivity index (χ2v) is 9.31. The number of benzene rings is 2. The zero-order valence-corrected chi connectivity index (χ0v) is 20.2. The Kier molecular flexibility index (Phi) is 5.52. The SMILES string of the molecule is CC(C)C(=O)Nc1cncc(-c2ccc3n[nH]c(C4Nc5cncc(-c6ccc(F)cc6)c5N4)c3c2)c1. The highest BCUT2D eigenvalue weighted by Gasteiger charge is 2.27. The number of fused-ring (bicyclic) bond motifs is 2. The summed E-state index contributed by atoms with van der Waals surface area (Å²) in [4.78, 5) is 20.8. The Morgan fingerprint density at radius 2 is 1.70 bits per heavy atom. The second kappa shape index (κ2) is 9.02. The molecule has 1 amide bonds. The van der Waals surface area contributed by atoms with E-state index in [1.54, 1.807) is 36.9 Å². The van der Waals surface area contributed by atoms with E-state index in [1.165, 1.54) is 12.1 Å². The third-order valence-corrected chi connectivity index (χ3v) is 6.43. The second-order valence-electron chi connectivity index (χ2n) is 9.31. The van der Waals surface area contributed by atoms with Crippen molar-refractivity contribution in [3.8, 4) is 22.3 Å². The molecule has 4 heterocycles. The fraction of sp³-hybridized carbons (Fsp3) is 0.143. The van der Waals surface area contributed by atoms with Crippen LogP contribution in [0.4, 0.5) is 21.5 Å². The van der Waals surface area contributed by atoms with E-state index in [1.807, 2.05) is 32.0 Å². The Labute approximate surface area is 212 Å². The van der Waals surface area contributed by atoms with Crippen LogP contribution in [0.5, 0.6) is 0 Å². The van der Waals surface area contributed by atoms with Gasteiger partial charge in [0.05, 0.1) is 40.7 Å². The van der Waals surface area contributed by atoms with Gasteiger partial charge in [0.2, 0.25) is 5.91 Å². The van der Waals surface area contributed by atoms with Gasteiger partial charge in [-0.25, -0.2) is 4.39 Å². The fourth-order valence-corrected chi connectivity index (χ4v) is 4.44. The van der Waals surface area contributed by atoms with Crippen LogP contribution in [0.25, 0.3) is 33.2 Å². The smallest absolute Gasteiger partial charge is 0.226 e. The molecule has 5 aromatic rings. The zero-order valence-electron chi connectivity index (χ0n) is 20.2. The molecule has 0 saturated carbocycles. The molecule has 0 aliphatic carbocycles. The van der Waals surface area contributed by atoms with Crippen LogP contribution in [0.2, 0.25) is 0 Å². The van der Waals surface area contributed by atoms with Crippen LogP contribution in [0.15, 0.2) is 73.3 Å². The molecule has 2 aromatic carbocycles. The first kappa shape index (κ1) is 22.7. The normalized spacial score (nSPS) is 14.3. The summed E-state index contributed by atoms with van der Waals surface area (Å²) in [6.07, 6.45) is 6.68. The van der Waals surface area contributed by atoms with Gasteiger partial charge in [0, 0.05) is 34.8 Å². The highest BCUT2D eigenvalue weighted by atomic mass is 19.1. The number of pyridine rings is 2. The first-order valence-corrected chi connectivity index (χ1v) is 12.0. The highest BCUT2D eigenvalue weighted by Crippen LogP contribution is 2.42. The minimum absolute atomic E-state index is 0.0565. The van der Waals surface area contributed by atoms with Crippen molar-refractivity contribution in [2.75, 3.05) is 16.0 Å². The summed E-state index contributed by atoms with van der Waals surface area (Å²) in [6, 6.07) is 14.3. The van der Waals surface area contributed by atoms with Crippen LogP contribution >= 0.6 is 0 Å². The Hall–Kier alpha value is -4.79. The van der Waals surface area contributed by atoms with Crippen molar-refractivity contribution in [2.45, 2.75) is 20.0 Å². The minimum Gasteiger partial charge on any atom is -0.358 e. The maximum absolute atomic E-state index is 13.5. The quantitative estimate of drug-likeness (QED) is 0.241. The van der Waals surface area contributed by atoms with Crippen LogP contribution in [0, 0.1) is 11.7 Å². The van der Waals surface area contributed by atoms with Crippen molar-refractivity contribution in [3.05, 3.63) is 84.8 Å². The average Bonchev–Trinajstić information content (AvgIpc) is 3.53. The van der Waals surface area contributed by atoms with Crippen molar-refractivity contribution in [1.82, 2.24) is 20.2 Å². The van der Waals surface area contributed by atoms with E-state index < -0.39 is 0 Å². The molecular formula is C28H24FN7O. The third kappa shape index (κ3) is 4.24. The van der Waals surface area contributed by atoms with Crippen molar-refractivity contribution in [3.63, 3.8) is 0 Å². The van der Waals surface area contributed by atoms with Gasteiger partial charge in [-0.1, -0.05) is 32.0 Å². The molecule has 184 valence electrons. The molecular weight excluding hydrogens is 469 g/mol. The van der Waals surface area contributed by atoms with Gasteiger partial charge in [-0.15, -0.1) is 0 Å². The molecule has 4 N–H and O–H groups in total. The monoisotopic (exact) mass is 493 g/mol. The number of hydrogen-bond donors (Lipinski definition) is 4. The molecule has 1 atom stereocenters. The van der Waals surface area contributed by atoms with E-state index in [2.05, 4.69) is 42.2 Å². The number of carbonyl (C=O) groups excluding carboxylic acids is 1. The molecule has 1 aliphatic rings. The molecule has 0 bridgehead atoms. The van der Waals surface area contributed by atoms with Gasteiger partial charge in [0.25, 0.3) is 0 Å². The number of H-pyrrole nitrogens is 1. The van der Waals surface area contributed by atoms with E-state index >= 15 is 0 Å². The Morgan fingerprint density at radius 3 is 2.51 bits per heavy atom. The van der Waals surface area contributed by atoms with E-state index in [4.69, 9.17) is 0 Å². The number of rotatable bonds is 5. The van der Waals surface area contributed by atoms with Gasteiger partial charge in [-0.2, -0.15) is 5.10 Å². The van der Waals surface area contributed by atoms with Crippen molar-refractivity contribution in [2.24, 2.45) is 5.92 Å². The van der Waals surface area contributed by atoms with Crippen molar-refractivity contribution in [1.29, 1.82) is 0 Å². The van der Waals surface area contributed by atoms with Gasteiger partial charge >= 0.3 is 0 Å². The molecule has 1 unspecified atom stereocenters. The number of carbonyl (C=O) groups is 1. The molecule has 6 rings (SSSR count). The van der Waals surface area contributed by atoms with E-state index in [-0.39, 0.29) is 23.8 Å². The summed E-state index contributed by atoms with van der Waals surface area (Å²) in [7, 11) is 0. The molecule has 8 nitrogen and oxygen atoms in total. The van der Waals surface area contributed by atoms with Crippen molar-refractivity contribution >= 4 is 33.9 Å². The molecule has 1 aliphatic heterocycles. The van der Waals surface area contributed by atoms with Crippen LogP contribution < -0.4 is 16.0 Å². The largest absolute Gasteiger partial charge is 0.358 e. The molecule has 37 heavy (non-hydrogen) atoms. The number of halogens is 1. The number of aromatic amines is 1. The molecule has 9 heteroatoms. The van der Waals surface area contributed by atoms with Gasteiger partial charge in [0.15, 0.2) is 0 Å². The Morgan fingerprint density at radius 1 is 0.919 bits per heavy atom.